The Balaban J connectivity index is 2.38. The summed E-state index contributed by atoms with van der Waals surface area (Å²) in [6, 6.07) is 6.26. The highest BCUT2D eigenvalue weighted by Gasteiger charge is 2.23. The molecule has 0 aliphatic heterocycles. The lowest BCUT2D eigenvalue weighted by atomic mass is 10.1. The predicted octanol–water partition coefficient (Wildman–Crippen LogP) is 5.23. The Morgan fingerprint density at radius 3 is 2.44 bits per heavy atom. The summed E-state index contributed by atoms with van der Waals surface area (Å²) in [6.07, 6.45) is 0. The van der Waals surface area contributed by atoms with Gasteiger partial charge in [0.2, 0.25) is 0 Å². The Morgan fingerprint density at radius 2 is 1.89 bits per heavy atom. The predicted molar refractivity (Wildman–Crippen MR) is 109 cm³/mol. The van der Waals surface area contributed by atoms with Crippen LogP contribution in [0.25, 0.3) is 0 Å². The standard InChI is InChI=1S/C17H16Cl2FN3O3S/c1-3-26-16(24)9-7-14(13(21-2)8-12(9)20)23(27)17(25)22-15-10(18)5-4-6-11(15)19/h4-8,21,27H,3H2,1-2H3,(H,22,25). The van der Waals surface area contributed by atoms with Crippen molar-refractivity contribution < 1.29 is 18.7 Å². The topological polar surface area (TPSA) is 70.7 Å². The van der Waals surface area contributed by atoms with Crippen LogP contribution in [0.4, 0.5) is 26.2 Å². The summed E-state index contributed by atoms with van der Waals surface area (Å²) in [5.41, 5.74) is 0.235. The molecule has 2 rings (SSSR count). The van der Waals surface area contributed by atoms with Crippen LogP contribution in [0.2, 0.25) is 10.0 Å². The molecule has 0 aliphatic carbocycles. The zero-order valence-electron chi connectivity index (χ0n) is 14.3. The van der Waals surface area contributed by atoms with Gasteiger partial charge >= 0.3 is 12.0 Å². The number of hydrogen-bond acceptors (Lipinski definition) is 5. The van der Waals surface area contributed by atoms with Crippen LogP contribution in [0.3, 0.4) is 0 Å². The van der Waals surface area contributed by atoms with E-state index in [0.717, 1.165) is 10.4 Å². The Morgan fingerprint density at radius 1 is 1.26 bits per heavy atom. The number of benzene rings is 2. The number of carbonyl (C=O) groups excluding carboxylic acids is 2. The fourth-order valence-electron chi connectivity index (χ4n) is 2.19. The van der Waals surface area contributed by atoms with Crippen LogP contribution in [0.5, 0.6) is 0 Å². The number of urea groups is 1. The summed E-state index contributed by atoms with van der Waals surface area (Å²) < 4.78 is 19.9. The Bertz CT molecular complexity index is 862. The van der Waals surface area contributed by atoms with E-state index in [4.69, 9.17) is 27.9 Å². The number of anilines is 3. The third-order valence-electron chi connectivity index (χ3n) is 3.47. The van der Waals surface area contributed by atoms with E-state index in [2.05, 4.69) is 23.4 Å². The minimum Gasteiger partial charge on any atom is -0.462 e. The first-order valence-corrected chi connectivity index (χ1v) is 8.88. The van der Waals surface area contributed by atoms with E-state index in [1.807, 2.05) is 0 Å². The second-order valence-corrected chi connectivity index (χ2v) is 6.37. The molecule has 6 nitrogen and oxygen atoms in total. The lowest BCUT2D eigenvalue weighted by Gasteiger charge is -2.21. The van der Waals surface area contributed by atoms with Gasteiger partial charge in [0, 0.05) is 13.1 Å². The molecule has 0 saturated carbocycles. The molecule has 2 aromatic rings. The molecule has 144 valence electrons. The van der Waals surface area contributed by atoms with Gasteiger partial charge in [-0.3, -0.25) is 0 Å². The fraction of sp³-hybridized carbons (Fsp3) is 0.176. The van der Waals surface area contributed by atoms with E-state index in [0.29, 0.717) is 0 Å². The van der Waals surface area contributed by atoms with Gasteiger partial charge in [0.05, 0.1) is 39.3 Å². The summed E-state index contributed by atoms with van der Waals surface area (Å²) in [4.78, 5) is 24.5. The fourth-order valence-corrected chi connectivity index (χ4v) is 2.90. The number of nitrogens with zero attached hydrogens (tertiary/aromatic N) is 1. The Hall–Kier alpha value is -2.16. The summed E-state index contributed by atoms with van der Waals surface area (Å²) in [5, 5.41) is 5.74. The summed E-state index contributed by atoms with van der Waals surface area (Å²) in [6.45, 7) is 1.68. The van der Waals surface area contributed by atoms with Crippen molar-refractivity contribution in [1.29, 1.82) is 0 Å². The van der Waals surface area contributed by atoms with E-state index in [9.17, 15) is 14.0 Å². The van der Waals surface area contributed by atoms with Gasteiger partial charge in [-0.1, -0.05) is 42.1 Å². The molecule has 0 saturated heterocycles. The first-order chi connectivity index (χ1) is 12.8. The molecule has 2 aromatic carbocycles. The number of thiol groups is 1. The van der Waals surface area contributed by atoms with Gasteiger partial charge in [0.25, 0.3) is 0 Å². The van der Waals surface area contributed by atoms with Crippen LogP contribution in [0, 0.1) is 5.82 Å². The van der Waals surface area contributed by atoms with Crippen molar-refractivity contribution in [1.82, 2.24) is 0 Å². The molecular weight excluding hydrogens is 416 g/mol. The number of para-hydroxylation sites is 1. The van der Waals surface area contributed by atoms with E-state index >= 15 is 0 Å². The minimum atomic E-state index is -0.852. The number of carbonyl (C=O) groups is 2. The van der Waals surface area contributed by atoms with Gasteiger partial charge in [0.1, 0.15) is 5.82 Å². The van der Waals surface area contributed by atoms with Crippen molar-refractivity contribution in [2.24, 2.45) is 0 Å². The van der Waals surface area contributed by atoms with Crippen molar-refractivity contribution >= 4 is 65.1 Å². The van der Waals surface area contributed by atoms with Gasteiger partial charge in [0.15, 0.2) is 0 Å². The van der Waals surface area contributed by atoms with E-state index < -0.39 is 17.8 Å². The monoisotopic (exact) mass is 431 g/mol. The quantitative estimate of drug-likeness (QED) is 0.447. The second kappa shape index (κ2) is 9.16. The molecule has 0 fully saturated rings. The Labute approximate surface area is 171 Å². The summed E-state index contributed by atoms with van der Waals surface area (Å²) in [7, 11) is 1.53. The zero-order chi connectivity index (χ0) is 20.1. The van der Waals surface area contributed by atoms with Gasteiger partial charge in [-0.2, -0.15) is 0 Å². The van der Waals surface area contributed by atoms with Crippen molar-refractivity contribution in [3.63, 3.8) is 0 Å². The number of hydrogen-bond donors (Lipinski definition) is 3. The molecular formula is C17H16Cl2FN3O3S. The van der Waals surface area contributed by atoms with E-state index in [1.54, 1.807) is 25.1 Å². The number of rotatable bonds is 5. The molecule has 10 heteroatoms. The van der Waals surface area contributed by atoms with Crippen molar-refractivity contribution in [2.45, 2.75) is 6.92 Å². The van der Waals surface area contributed by atoms with E-state index in [1.165, 1.54) is 13.1 Å². The third-order valence-corrected chi connectivity index (χ3v) is 4.49. The van der Waals surface area contributed by atoms with Crippen LogP contribution < -0.4 is 14.9 Å². The van der Waals surface area contributed by atoms with Crippen molar-refractivity contribution in [3.05, 3.63) is 51.8 Å². The molecule has 0 aromatic heterocycles. The normalized spacial score (nSPS) is 10.3. The van der Waals surface area contributed by atoms with Crippen LogP contribution in [0.1, 0.15) is 17.3 Å². The van der Waals surface area contributed by atoms with Crippen molar-refractivity contribution in [2.75, 3.05) is 28.6 Å². The van der Waals surface area contributed by atoms with Crippen LogP contribution >= 0.6 is 36.0 Å². The van der Waals surface area contributed by atoms with Gasteiger partial charge in [-0.15, -0.1) is 0 Å². The highest BCUT2D eigenvalue weighted by Crippen LogP contribution is 2.33. The van der Waals surface area contributed by atoms with Gasteiger partial charge in [-0.05, 0) is 25.1 Å². The smallest absolute Gasteiger partial charge is 0.341 e. The highest BCUT2D eigenvalue weighted by atomic mass is 35.5. The molecule has 0 atom stereocenters. The number of esters is 1. The average molecular weight is 432 g/mol. The zero-order valence-corrected chi connectivity index (χ0v) is 16.8. The number of ether oxygens (including phenoxy) is 1. The molecule has 0 spiro atoms. The maximum absolute atomic E-state index is 14.2. The molecule has 0 aliphatic rings. The highest BCUT2D eigenvalue weighted by molar-refractivity contribution is 7.82. The van der Waals surface area contributed by atoms with Crippen LogP contribution in [0.15, 0.2) is 30.3 Å². The summed E-state index contributed by atoms with van der Waals surface area (Å²) in [5.74, 6) is -1.65. The maximum atomic E-state index is 14.2. The van der Waals surface area contributed by atoms with E-state index in [-0.39, 0.29) is 39.3 Å². The molecule has 0 unspecified atom stereocenters. The van der Waals surface area contributed by atoms with Crippen molar-refractivity contribution in [3.8, 4) is 0 Å². The first kappa shape index (κ1) is 21.1. The minimum absolute atomic E-state index is 0.0808. The number of halogens is 3. The van der Waals surface area contributed by atoms with Crippen LogP contribution in [-0.4, -0.2) is 25.7 Å². The molecule has 27 heavy (non-hydrogen) atoms. The van der Waals surface area contributed by atoms with Gasteiger partial charge < -0.3 is 15.4 Å². The molecule has 0 radical (unpaired) electrons. The molecule has 2 amide bonds. The molecule has 2 N–H and O–H groups in total. The lowest BCUT2D eigenvalue weighted by molar-refractivity contribution is 0.0521. The third kappa shape index (κ3) is 4.77. The number of amides is 2. The molecule has 0 heterocycles. The second-order valence-electron chi connectivity index (χ2n) is 5.16. The SMILES string of the molecule is CCOC(=O)c1cc(N(S)C(=O)Nc2c(Cl)cccc2Cl)c(NC)cc1F. The van der Waals surface area contributed by atoms with Gasteiger partial charge in [-0.25, -0.2) is 18.3 Å². The Kier molecular flexibility index (Phi) is 7.18. The largest absolute Gasteiger partial charge is 0.462 e. The van der Waals surface area contributed by atoms with Crippen LogP contribution in [-0.2, 0) is 4.74 Å². The lowest BCUT2D eigenvalue weighted by Crippen LogP contribution is -2.28. The number of nitrogens with one attached hydrogen (secondary N) is 2. The maximum Gasteiger partial charge on any atom is 0.341 e. The summed E-state index contributed by atoms with van der Waals surface area (Å²) >= 11 is 16.2. The first-order valence-electron chi connectivity index (χ1n) is 7.72. The molecule has 0 bridgehead atoms. The average Bonchev–Trinajstić information content (AvgIpc) is 2.63.